The molecule has 2 heterocycles. The lowest BCUT2D eigenvalue weighted by molar-refractivity contribution is -0.154. The summed E-state index contributed by atoms with van der Waals surface area (Å²) in [5, 5.41) is 5.20. The van der Waals surface area contributed by atoms with Gasteiger partial charge in [-0.2, -0.15) is 13.2 Å². The molecule has 0 atom stereocenters. The Bertz CT molecular complexity index is 769. The van der Waals surface area contributed by atoms with E-state index in [0.29, 0.717) is 11.3 Å². The number of nitrogens with zero attached hydrogens (tertiary/aromatic N) is 2. The predicted octanol–water partition coefficient (Wildman–Crippen LogP) is 3.53. The van der Waals surface area contributed by atoms with Crippen LogP contribution in [0.2, 0.25) is 0 Å². The third-order valence-corrected chi connectivity index (χ3v) is 3.00. The van der Waals surface area contributed by atoms with Crippen molar-refractivity contribution < 1.29 is 27.4 Å². The van der Waals surface area contributed by atoms with Crippen molar-refractivity contribution >= 4 is 11.7 Å². The van der Waals surface area contributed by atoms with Gasteiger partial charge in [-0.15, -0.1) is 0 Å². The number of pyridine rings is 2. The zero-order valence-corrected chi connectivity index (χ0v) is 14.7. The van der Waals surface area contributed by atoms with Gasteiger partial charge < -0.3 is 20.1 Å². The number of aromatic nitrogens is 2. The third kappa shape index (κ3) is 7.38. The number of carbonyl (C=O) groups excluding carboxylic acids is 1. The Morgan fingerprint density at radius 2 is 2.00 bits per heavy atom. The summed E-state index contributed by atoms with van der Waals surface area (Å²) in [4.78, 5) is 19.8. The van der Waals surface area contributed by atoms with Gasteiger partial charge in [0.15, 0.2) is 6.61 Å². The van der Waals surface area contributed by atoms with Gasteiger partial charge in [-0.1, -0.05) is 0 Å². The summed E-state index contributed by atoms with van der Waals surface area (Å²) in [5.41, 5.74) is 0.926. The zero-order chi connectivity index (χ0) is 19.9. The SMILES string of the molecule is CC(C)Oc1ncccc1NC(=O)NCc1ccnc(OCC(F)(F)F)c1. The Morgan fingerprint density at radius 1 is 1.22 bits per heavy atom. The van der Waals surface area contributed by atoms with E-state index < -0.39 is 18.8 Å². The van der Waals surface area contributed by atoms with Crippen LogP contribution in [-0.2, 0) is 6.54 Å². The summed E-state index contributed by atoms with van der Waals surface area (Å²) < 4.78 is 46.6. The minimum atomic E-state index is -4.45. The molecule has 0 aliphatic carbocycles. The molecule has 0 aliphatic heterocycles. The Morgan fingerprint density at radius 3 is 2.70 bits per heavy atom. The molecule has 10 heteroatoms. The van der Waals surface area contributed by atoms with Crippen LogP contribution in [-0.4, -0.2) is 34.9 Å². The molecule has 0 saturated heterocycles. The molecule has 2 aromatic rings. The van der Waals surface area contributed by atoms with Crippen molar-refractivity contribution in [2.75, 3.05) is 11.9 Å². The molecule has 0 aromatic carbocycles. The van der Waals surface area contributed by atoms with E-state index >= 15 is 0 Å². The minimum absolute atomic E-state index is 0.0668. The number of carbonyl (C=O) groups is 1. The topological polar surface area (TPSA) is 85.4 Å². The molecule has 0 saturated carbocycles. The van der Waals surface area contributed by atoms with Gasteiger partial charge in [0.1, 0.15) is 5.69 Å². The Labute approximate surface area is 153 Å². The van der Waals surface area contributed by atoms with Gasteiger partial charge in [0.05, 0.1) is 6.10 Å². The van der Waals surface area contributed by atoms with Crippen molar-refractivity contribution in [3.8, 4) is 11.8 Å². The van der Waals surface area contributed by atoms with Crippen molar-refractivity contribution in [2.24, 2.45) is 0 Å². The number of amides is 2. The first-order valence-corrected chi connectivity index (χ1v) is 8.04. The highest BCUT2D eigenvalue weighted by Crippen LogP contribution is 2.21. The van der Waals surface area contributed by atoms with Crippen LogP contribution in [0.4, 0.5) is 23.7 Å². The molecule has 0 spiro atoms. The number of ether oxygens (including phenoxy) is 2. The Hall–Kier alpha value is -3.04. The molecule has 7 nitrogen and oxygen atoms in total. The second-order valence-electron chi connectivity index (χ2n) is 5.74. The smallest absolute Gasteiger partial charge is 0.422 e. The maximum Gasteiger partial charge on any atom is 0.422 e. The molecule has 146 valence electrons. The number of alkyl halides is 3. The maximum atomic E-state index is 12.2. The van der Waals surface area contributed by atoms with Crippen LogP contribution < -0.4 is 20.1 Å². The fourth-order valence-corrected chi connectivity index (χ4v) is 1.95. The van der Waals surface area contributed by atoms with Crippen molar-refractivity contribution in [1.29, 1.82) is 0 Å². The fourth-order valence-electron chi connectivity index (χ4n) is 1.95. The molecule has 2 amide bonds. The molecule has 2 aromatic heterocycles. The fraction of sp³-hybridized carbons (Fsp3) is 0.353. The Kier molecular flexibility index (Phi) is 6.80. The number of hydrogen-bond donors (Lipinski definition) is 2. The van der Waals surface area contributed by atoms with Crippen molar-refractivity contribution in [3.05, 3.63) is 42.2 Å². The lowest BCUT2D eigenvalue weighted by Crippen LogP contribution is -2.28. The monoisotopic (exact) mass is 384 g/mol. The molecule has 0 fully saturated rings. The van der Waals surface area contributed by atoms with Gasteiger partial charge in [0.25, 0.3) is 0 Å². The van der Waals surface area contributed by atoms with Crippen LogP contribution in [0.15, 0.2) is 36.7 Å². The molecular formula is C17H19F3N4O3. The average molecular weight is 384 g/mol. The van der Waals surface area contributed by atoms with E-state index in [0.717, 1.165) is 0 Å². The number of halogens is 3. The van der Waals surface area contributed by atoms with E-state index in [4.69, 9.17) is 4.74 Å². The summed E-state index contributed by atoms with van der Waals surface area (Å²) in [6.45, 7) is 2.30. The van der Waals surface area contributed by atoms with E-state index in [2.05, 4.69) is 25.3 Å². The number of hydrogen-bond acceptors (Lipinski definition) is 5. The average Bonchev–Trinajstić information content (AvgIpc) is 2.59. The maximum absolute atomic E-state index is 12.2. The summed E-state index contributed by atoms with van der Waals surface area (Å²) in [6, 6.07) is 5.64. The number of anilines is 1. The highest BCUT2D eigenvalue weighted by molar-refractivity contribution is 5.90. The highest BCUT2D eigenvalue weighted by Gasteiger charge is 2.28. The van der Waals surface area contributed by atoms with Gasteiger partial charge >= 0.3 is 12.2 Å². The molecule has 27 heavy (non-hydrogen) atoms. The van der Waals surface area contributed by atoms with Crippen LogP contribution in [0.1, 0.15) is 19.4 Å². The van der Waals surface area contributed by atoms with E-state index in [9.17, 15) is 18.0 Å². The summed E-state index contributed by atoms with van der Waals surface area (Å²) in [7, 11) is 0. The molecular weight excluding hydrogens is 365 g/mol. The van der Waals surface area contributed by atoms with Crippen LogP contribution in [0.3, 0.4) is 0 Å². The summed E-state index contributed by atoms with van der Waals surface area (Å²) >= 11 is 0. The van der Waals surface area contributed by atoms with Gasteiger partial charge in [-0.05, 0) is 37.6 Å². The van der Waals surface area contributed by atoms with Crippen LogP contribution in [0.5, 0.6) is 11.8 Å². The summed E-state index contributed by atoms with van der Waals surface area (Å²) in [5.74, 6) is 0.112. The lowest BCUT2D eigenvalue weighted by Gasteiger charge is -2.14. The Balaban J connectivity index is 1.91. The van der Waals surface area contributed by atoms with Crippen LogP contribution in [0.25, 0.3) is 0 Å². The van der Waals surface area contributed by atoms with Crippen LogP contribution >= 0.6 is 0 Å². The number of nitrogens with one attached hydrogen (secondary N) is 2. The van der Waals surface area contributed by atoms with E-state index in [-0.39, 0.29) is 24.4 Å². The first-order chi connectivity index (χ1) is 12.7. The van der Waals surface area contributed by atoms with Gasteiger partial charge in [-0.25, -0.2) is 14.8 Å². The molecule has 2 N–H and O–H groups in total. The van der Waals surface area contributed by atoms with E-state index in [1.165, 1.54) is 12.3 Å². The van der Waals surface area contributed by atoms with Gasteiger partial charge in [-0.3, -0.25) is 0 Å². The third-order valence-electron chi connectivity index (χ3n) is 3.00. The van der Waals surface area contributed by atoms with Crippen molar-refractivity contribution in [1.82, 2.24) is 15.3 Å². The molecule has 0 radical (unpaired) electrons. The second kappa shape index (κ2) is 9.06. The normalized spacial score (nSPS) is 11.2. The van der Waals surface area contributed by atoms with Gasteiger partial charge in [0.2, 0.25) is 11.8 Å². The van der Waals surface area contributed by atoms with E-state index in [1.54, 1.807) is 24.4 Å². The number of rotatable bonds is 7. The molecule has 0 unspecified atom stereocenters. The minimum Gasteiger partial charge on any atom is -0.473 e. The largest absolute Gasteiger partial charge is 0.473 e. The first kappa shape index (κ1) is 20.3. The lowest BCUT2D eigenvalue weighted by atomic mass is 10.2. The van der Waals surface area contributed by atoms with Gasteiger partial charge in [0, 0.05) is 25.0 Å². The quantitative estimate of drug-likeness (QED) is 0.763. The predicted molar refractivity (Wildman–Crippen MR) is 91.6 cm³/mol. The van der Waals surface area contributed by atoms with Crippen molar-refractivity contribution in [2.45, 2.75) is 32.7 Å². The van der Waals surface area contributed by atoms with Crippen molar-refractivity contribution in [3.63, 3.8) is 0 Å². The van der Waals surface area contributed by atoms with Crippen LogP contribution in [0, 0.1) is 0 Å². The molecule has 0 aliphatic rings. The standard InChI is InChI=1S/C17H19F3N4O3/c1-11(2)27-15-13(4-3-6-22-15)24-16(25)23-9-12-5-7-21-14(8-12)26-10-17(18,19)20/h3-8,11H,9-10H2,1-2H3,(H2,23,24,25). The zero-order valence-electron chi connectivity index (χ0n) is 14.7. The highest BCUT2D eigenvalue weighted by atomic mass is 19.4. The first-order valence-electron chi connectivity index (χ1n) is 8.04. The number of urea groups is 1. The van der Waals surface area contributed by atoms with E-state index in [1.807, 2.05) is 13.8 Å². The molecule has 2 rings (SSSR count). The summed E-state index contributed by atoms with van der Waals surface area (Å²) in [6.07, 6.45) is -1.72. The molecule has 0 bridgehead atoms. The second-order valence-corrected chi connectivity index (χ2v) is 5.74.